The smallest absolute Gasteiger partial charge is 0.305 e. The first kappa shape index (κ1) is 16.7. The molecule has 24 heavy (non-hydrogen) atoms. The fourth-order valence-electron chi connectivity index (χ4n) is 2.98. The lowest BCUT2D eigenvalue weighted by Gasteiger charge is -2.15. The fourth-order valence-corrected chi connectivity index (χ4v) is 3.36. The van der Waals surface area contributed by atoms with Gasteiger partial charge < -0.3 is 10.0 Å². The van der Waals surface area contributed by atoms with E-state index in [0.717, 1.165) is 40.7 Å². The number of halogens is 1. The number of benzene rings is 1. The van der Waals surface area contributed by atoms with E-state index in [9.17, 15) is 9.59 Å². The number of fused-ring (bicyclic) bond motifs is 1. The summed E-state index contributed by atoms with van der Waals surface area (Å²) in [6.45, 7) is 0.173. The maximum absolute atomic E-state index is 12.7. The summed E-state index contributed by atoms with van der Waals surface area (Å²) in [6.07, 6.45) is 2.65. The molecule has 1 aliphatic rings. The van der Waals surface area contributed by atoms with Crippen LogP contribution in [0.3, 0.4) is 0 Å². The van der Waals surface area contributed by atoms with Gasteiger partial charge in [0.25, 0.3) is 5.91 Å². The van der Waals surface area contributed by atoms with E-state index in [1.165, 1.54) is 4.90 Å². The zero-order chi connectivity index (χ0) is 17.3. The third kappa shape index (κ3) is 3.21. The second-order valence-electron chi connectivity index (χ2n) is 5.89. The highest BCUT2D eigenvalue weighted by Crippen LogP contribution is 2.29. The van der Waals surface area contributed by atoms with Crippen LogP contribution in [0.15, 0.2) is 28.7 Å². The zero-order valence-electron chi connectivity index (χ0n) is 13.3. The van der Waals surface area contributed by atoms with Crippen molar-refractivity contribution in [2.45, 2.75) is 25.7 Å². The molecular formula is C17H18BrN3O3. The molecule has 0 saturated carbocycles. The summed E-state index contributed by atoms with van der Waals surface area (Å²) < 4.78 is 2.79. The van der Waals surface area contributed by atoms with Gasteiger partial charge in [0.1, 0.15) is 0 Å². The summed E-state index contributed by atoms with van der Waals surface area (Å²) in [5, 5.41) is 13.3. The molecule has 1 N–H and O–H groups in total. The monoisotopic (exact) mass is 391 g/mol. The molecule has 6 nitrogen and oxygen atoms in total. The molecule has 1 aromatic carbocycles. The van der Waals surface area contributed by atoms with Crippen molar-refractivity contribution in [1.82, 2.24) is 14.7 Å². The number of aliphatic carboxylic acids is 1. The normalized spacial score (nSPS) is 12.9. The van der Waals surface area contributed by atoms with Crippen LogP contribution in [0, 0.1) is 0 Å². The standard InChI is InChI=1S/C17H18BrN3O3/c1-20(9-8-15(22)23)17(24)16-13-6-3-7-14(13)21(19-16)12-5-2-4-11(18)10-12/h2,4-5,10H,3,6-9H2,1H3,(H,22,23). The quantitative estimate of drug-likeness (QED) is 0.849. The number of nitrogens with zero attached hydrogens (tertiary/aromatic N) is 3. The lowest BCUT2D eigenvalue weighted by molar-refractivity contribution is -0.137. The van der Waals surface area contributed by atoms with Crippen LogP contribution >= 0.6 is 15.9 Å². The molecular weight excluding hydrogens is 374 g/mol. The van der Waals surface area contributed by atoms with Crippen molar-refractivity contribution in [2.24, 2.45) is 0 Å². The largest absolute Gasteiger partial charge is 0.481 e. The number of carboxylic acids is 1. The molecule has 0 atom stereocenters. The lowest BCUT2D eigenvalue weighted by atomic mass is 10.2. The van der Waals surface area contributed by atoms with Crippen molar-refractivity contribution in [3.8, 4) is 5.69 Å². The van der Waals surface area contributed by atoms with E-state index in [1.807, 2.05) is 28.9 Å². The van der Waals surface area contributed by atoms with Gasteiger partial charge in [0.15, 0.2) is 5.69 Å². The lowest BCUT2D eigenvalue weighted by Crippen LogP contribution is -2.30. The molecule has 0 aliphatic heterocycles. The molecule has 7 heteroatoms. The van der Waals surface area contributed by atoms with Crippen LogP contribution in [-0.4, -0.2) is 45.3 Å². The van der Waals surface area contributed by atoms with Gasteiger partial charge in [-0.3, -0.25) is 9.59 Å². The summed E-state index contributed by atoms with van der Waals surface area (Å²) >= 11 is 3.46. The van der Waals surface area contributed by atoms with Gasteiger partial charge in [0.2, 0.25) is 0 Å². The molecule has 0 radical (unpaired) electrons. The Kier molecular flexibility index (Phi) is 4.71. The third-order valence-electron chi connectivity index (χ3n) is 4.19. The van der Waals surface area contributed by atoms with Gasteiger partial charge in [0, 0.05) is 29.3 Å². The molecule has 0 spiro atoms. The van der Waals surface area contributed by atoms with E-state index < -0.39 is 5.97 Å². The first-order chi connectivity index (χ1) is 11.5. The average molecular weight is 392 g/mol. The van der Waals surface area contributed by atoms with Gasteiger partial charge in [-0.2, -0.15) is 5.10 Å². The molecule has 126 valence electrons. The van der Waals surface area contributed by atoms with Crippen LogP contribution in [0.1, 0.15) is 34.6 Å². The van der Waals surface area contributed by atoms with Crippen LogP contribution in [0.4, 0.5) is 0 Å². The molecule has 0 bridgehead atoms. The van der Waals surface area contributed by atoms with Crippen molar-refractivity contribution in [1.29, 1.82) is 0 Å². The number of aromatic nitrogens is 2. The maximum atomic E-state index is 12.7. The molecule has 0 saturated heterocycles. The first-order valence-corrected chi connectivity index (χ1v) is 8.60. The third-order valence-corrected chi connectivity index (χ3v) is 4.69. The van der Waals surface area contributed by atoms with Crippen LogP contribution in [0.5, 0.6) is 0 Å². The Morgan fingerprint density at radius 3 is 2.88 bits per heavy atom. The number of hydrogen-bond donors (Lipinski definition) is 1. The molecule has 1 heterocycles. The van der Waals surface area contributed by atoms with Gasteiger partial charge in [-0.05, 0) is 37.5 Å². The Morgan fingerprint density at radius 1 is 1.38 bits per heavy atom. The van der Waals surface area contributed by atoms with Crippen molar-refractivity contribution in [3.63, 3.8) is 0 Å². The van der Waals surface area contributed by atoms with Gasteiger partial charge in [-0.1, -0.05) is 22.0 Å². The molecule has 2 aromatic rings. The van der Waals surface area contributed by atoms with Crippen LogP contribution < -0.4 is 0 Å². The Bertz CT molecular complexity index is 800. The first-order valence-electron chi connectivity index (χ1n) is 7.81. The number of carbonyl (C=O) groups excluding carboxylic acids is 1. The molecule has 1 aliphatic carbocycles. The zero-order valence-corrected chi connectivity index (χ0v) is 14.9. The molecule has 1 aromatic heterocycles. The van der Waals surface area contributed by atoms with Gasteiger partial charge in [-0.15, -0.1) is 0 Å². The summed E-state index contributed by atoms with van der Waals surface area (Å²) in [4.78, 5) is 24.8. The average Bonchev–Trinajstić information content (AvgIpc) is 3.14. The summed E-state index contributed by atoms with van der Waals surface area (Å²) in [5.41, 5.74) is 3.41. The van der Waals surface area contributed by atoms with Crippen molar-refractivity contribution in [2.75, 3.05) is 13.6 Å². The number of carbonyl (C=O) groups is 2. The Labute approximate surface area is 148 Å². The van der Waals surface area contributed by atoms with E-state index in [-0.39, 0.29) is 18.9 Å². The number of carboxylic acid groups (broad SMARTS) is 1. The molecule has 3 rings (SSSR count). The SMILES string of the molecule is CN(CCC(=O)O)C(=O)c1nn(-c2cccc(Br)c2)c2c1CCC2. The van der Waals surface area contributed by atoms with Crippen molar-refractivity contribution >= 4 is 27.8 Å². The van der Waals surface area contributed by atoms with Crippen LogP contribution in [0.25, 0.3) is 5.69 Å². The minimum Gasteiger partial charge on any atom is -0.481 e. The highest BCUT2D eigenvalue weighted by atomic mass is 79.9. The highest BCUT2D eigenvalue weighted by Gasteiger charge is 2.28. The topological polar surface area (TPSA) is 75.4 Å². The Balaban J connectivity index is 1.94. The molecule has 0 fully saturated rings. The molecule has 1 amide bonds. The van der Waals surface area contributed by atoms with Gasteiger partial charge in [0.05, 0.1) is 12.1 Å². The van der Waals surface area contributed by atoms with E-state index in [0.29, 0.717) is 5.69 Å². The van der Waals surface area contributed by atoms with E-state index in [2.05, 4.69) is 21.0 Å². The van der Waals surface area contributed by atoms with E-state index in [4.69, 9.17) is 5.11 Å². The highest BCUT2D eigenvalue weighted by molar-refractivity contribution is 9.10. The number of hydrogen-bond acceptors (Lipinski definition) is 3. The van der Waals surface area contributed by atoms with Gasteiger partial charge >= 0.3 is 5.97 Å². The summed E-state index contributed by atoms with van der Waals surface area (Å²) in [5.74, 6) is -1.14. The van der Waals surface area contributed by atoms with Gasteiger partial charge in [-0.25, -0.2) is 4.68 Å². The van der Waals surface area contributed by atoms with Crippen LogP contribution in [0.2, 0.25) is 0 Å². The minimum atomic E-state index is -0.917. The Morgan fingerprint density at radius 2 is 2.17 bits per heavy atom. The van der Waals surface area contributed by atoms with E-state index in [1.54, 1.807) is 7.05 Å². The maximum Gasteiger partial charge on any atom is 0.305 e. The number of amides is 1. The predicted molar refractivity (Wildman–Crippen MR) is 92.5 cm³/mol. The van der Waals surface area contributed by atoms with Crippen LogP contribution in [-0.2, 0) is 17.6 Å². The second-order valence-corrected chi connectivity index (χ2v) is 6.81. The number of rotatable bonds is 5. The Hall–Kier alpha value is -2.15. The summed E-state index contributed by atoms with van der Waals surface area (Å²) in [6, 6.07) is 7.80. The van der Waals surface area contributed by atoms with Crippen molar-refractivity contribution in [3.05, 3.63) is 45.7 Å². The summed E-state index contributed by atoms with van der Waals surface area (Å²) in [7, 11) is 1.62. The minimum absolute atomic E-state index is 0.0726. The fraction of sp³-hybridized carbons (Fsp3) is 0.353. The predicted octanol–water partition coefficient (Wildman–Crippen LogP) is 2.67. The van der Waals surface area contributed by atoms with E-state index >= 15 is 0 Å². The van der Waals surface area contributed by atoms with Crippen molar-refractivity contribution < 1.29 is 14.7 Å². The second kappa shape index (κ2) is 6.76. The molecule has 0 unspecified atom stereocenters.